The average molecular weight is 287 g/mol. The number of halogens is 1. The van der Waals surface area contributed by atoms with Gasteiger partial charge >= 0.3 is 0 Å². The third kappa shape index (κ3) is 3.52. The van der Waals surface area contributed by atoms with Crippen molar-refractivity contribution in [1.29, 1.82) is 0 Å². The summed E-state index contributed by atoms with van der Waals surface area (Å²) >= 11 is 0. The second kappa shape index (κ2) is 6.63. The van der Waals surface area contributed by atoms with Crippen LogP contribution in [-0.4, -0.2) is 44.2 Å². The lowest BCUT2D eigenvalue weighted by Gasteiger charge is -2.16. The Morgan fingerprint density at radius 2 is 1.84 bits per heavy atom. The topological polar surface area (TPSA) is 64.8 Å². The lowest BCUT2D eigenvalue weighted by atomic mass is 10.1. The Morgan fingerprint density at radius 3 is 2.26 bits per heavy atom. The molecule has 1 aliphatic heterocycles. The highest BCUT2D eigenvalue weighted by atomic mass is 35.5. The zero-order chi connectivity index (χ0) is 13.1. The minimum Gasteiger partial charge on any atom is -0.497 e. The molecule has 1 aromatic carbocycles. The molecule has 1 aromatic rings. The van der Waals surface area contributed by atoms with Crippen molar-refractivity contribution < 1.29 is 14.3 Å². The van der Waals surface area contributed by atoms with Crippen LogP contribution in [0.15, 0.2) is 18.2 Å². The van der Waals surface area contributed by atoms with Crippen LogP contribution in [0.5, 0.6) is 11.5 Å². The van der Waals surface area contributed by atoms with Gasteiger partial charge in [-0.25, -0.2) is 0 Å². The molecule has 1 fully saturated rings. The number of hydrogen-bond donors (Lipinski definition) is 1. The molecule has 1 amide bonds. The van der Waals surface area contributed by atoms with Gasteiger partial charge in [0.25, 0.3) is 5.91 Å². The Labute approximate surface area is 119 Å². The molecule has 0 unspecified atom stereocenters. The number of carbonyl (C=O) groups excluding carboxylic acids is 1. The van der Waals surface area contributed by atoms with Crippen LogP contribution < -0.4 is 15.2 Å². The summed E-state index contributed by atoms with van der Waals surface area (Å²) in [4.78, 5) is 14.1. The second-order valence-corrected chi connectivity index (χ2v) is 4.40. The van der Waals surface area contributed by atoms with Crippen LogP contribution in [-0.2, 0) is 0 Å². The average Bonchev–Trinajstić information content (AvgIpc) is 2.83. The molecule has 0 bridgehead atoms. The van der Waals surface area contributed by atoms with E-state index in [0.29, 0.717) is 30.2 Å². The van der Waals surface area contributed by atoms with Crippen LogP contribution in [0, 0.1) is 0 Å². The van der Waals surface area contributed by atoms with E-state index in [0.717, 1.165) is 6.42 Å². The van der Waals surface area contributed by atoms with Gasteiger partial charge in [-0.05, 0) is 18.6 Å². The first-order valence-electron chi connectivity index (χ1n) is 5.92. The van der Waals surface area contributed by atoms with Crippen LogP contribution in [0.4, 0.5) is 0 Å². The fraction of sp³-hybridized carbons (Fsp3) is 0.462. The van der Waals surface area contributed by atoms with E-state index in [-0.39, 0.29) is 24.4 Å². The Morgan fingerprint density at radius 1 is 1.26 bits per heavy atom. The molecule has 0 aliphatic carbocycles. The number of nitrogens with two attached hydrogens (primary N) is 1. The number of methoxy groups -OCH3 is 2. The molecule has 0 radical (unpaired) electrons. The van der Waals surface area contributed by atoms with E-state index < -0.39 is 0 Å². The van der Waals surface area contributed by atoms with Gasteiger partial charge in [-0.15, -0.1) is 12.4 Å². The molecule has 106 valence electrons. The first kappa shape index (κ1) is 15.6. The number of nitrogens with zero attached hydrogens (tertiary/aromatic N) is 1. The first-order valence-corrected chi connectivity index (χ1v) is 5.92. The van der Waals surface area contributed by atoms with Gasteiger partial charge < -0.3 is 20.1 Å². The SMILES string of the molecule is COc1cc(OC)cc(C(=O)N2CC[C@@H](N)C2)c1.Cl. The lowest BCUT2D eigenvalue weighted by molar-refractivity contribution is 0.0790. The van der Waals surface area contributed by atoms with E-state index in [2.05, 4.69) is 0 Å². The van der Waals surface area contributed by atoms with E-state index in [1.54, 1.807) is 37.3 Å². The maximum atomic E-state index is 12.3. The monoisotopic (exact) mass is 286 g/mol. The van der Waals surface area contributed by atoms with Crippen LogP contribution in [0.3, 0.4) is 0 Å². The van der Waals surface area contributed by atoms with Gasteiger partial charge in [-0.2, -0.15) is 0 Å². The summed E-state index contributed by atoms with van der Waals surface area (Å²) in [5.74, 6) is 1.20. The number of amides is 1. The summed E-state index contributed by atoms with van der Waals surface area (Å²) in [7, 11) is 3.13. The van der Waals surface area contributed by atoms with Crippen molar-refractivity contribution in [1.82, 2.24) is 4.90 Å². The van der Waals surface area contributed by atoms with E-state index in [4.69, 9.17) is 15.2 Å². The molecule has 1 saturated heterocycles. The Balaban J connectivity index is 0.00000180. The molecule has 2 rings (SSSR count). The summed E-state index contributed by atoms with van der Waals surface area (Å²) < 4.78 is 10.3. The number of rotatable bonds is 3. The van der Waals surface area contributed by atoms with Crippen LogP contribution in [0.2, 0.25) is 0 Å². The highest BCUT2D eigenvalue weighted by molar-refractivity contribution is 5.95. The van der Waals surface area contributed by atoms with E-state index in [1.807, 2.05) is 0 Å². The zero-order valence-corrected chi connectivity index (χ0v) is 11.9. The maximum Gasteiger partial charge on any atom is 0.254 e. The molecular formula is C13H19ClN2O3. The smallest absolute Gasteiger partial charge is 0.254 e. The molecule has 0 aromatic heterocycles. The number of hydrogen-bond acceptors (Lipinski definition) is 4. The second-order valence-electron chi connectivity index (χ2n) is 4.40. The Kier molecular flexibility index (Phi) is 5.44. The highest BCUT2D eigenvalue weighted by Gasteiger charge is 2.25. The molecule has 1 heterocycles. The van der Waals surface area contributed by atoms with E-state index in [9.17, 15) is 4.79 Å². The summed E-state index contributed by atoms with van der Waals surface area (Å²) in [5.41, 5.74) is 6.38. The zero-order valence-electron chi connectivity index (χ0n) is 11.1. The minimum atomic E-state index is -0.0276. The quantitative estimate of drug-likeness (QED) is 0.910. The van der Waals surface area contributed by atoms with Crippen molar-refractivity contribution in [3.8, 4) is 11.5 Å². The van der Waals surface area contributed by atoms with Crippen molar-refractivity contribution in [3.05, 3.63) is 23.8 Å². The largest absolute Gasteiger partial charge is 0.497 e. The molecule has 1 aliphatic rings. The lowest BCUT2D eigenvalue weighted by Crippen LogP contribution is -2.31. The van der Waals surface area contributed by atoms with E-state index in [1.165, 1.54) is 0 Å². The Hall–Kier alpha value is -1.46. The fourth-order valence-electron chi connectivity index (χ4n) is 2.09. The van der Waals surface area contributed by atoms with Gasteiger partial charge in [0.05, 0.1) is 14.2 Å². The van der Waals surface area contributed by atoms with Crippen molar-refractivity contribution in [3.63, 3.8) is 0 Å². The third-order valence-electron chi connectivity index (χ3n) is 3.11. The molecule has 0 saturated carbocycles. The molecule has 6 heteroatoms. The summed E-state index contributed by atoms with van der Waals surface area (Å²) in [6.45, 7) is 1.32. The Bertz CT molecular complexity index is 431. The predicted molar refractivity (Wildman–Crippen MR) is 75.3 cm³/mol. The van der Waals surface area contributed by atoms with E-state index >= 15 is 0 Å². The normalized spacial score (nSPS) is 17.8. The summed E-state index contributed by atoms with van der Waals surface area (Å²) in [6, 6.07) is 5.26. The van der Waals surface area contributed by atoms with Crippen LogP contribution in [0.1, 0.15) is 16.8 Å². The summed E-state index contributed by atoms with van der Waals surface area (Å²) in [6.07, 6.45) is 0.854. The number of carbonyl (C=O) groups is 1. The fourth-order valence-corrected chi connectivity index (χ4v) is 2.09. The van der Waals surface area contributed by atoms with Gasteiger partial charge in [0.15, 0.2) is 0 Å². The third-order valence-corrected chi connectivity index (χ3v) is 3.11. The summed E-state index contributed by atoms with van der Waals surface area (Å²) in [5, 5.41) is 0. The molecule has 19 heavy (non-hydrogen) atoms. The van der Waals surface area contributed by atoms with Crippen LogP contribution >= 0.6 is 12.4 Å². The number of benzene rings is 1. The number of likely N-dealkylation sites (tertiary alicyclic amines) is 1. The van der Waals surface area contributed by atoms with Crippen molar-refractivity contribution >= 4 is 18.3 Å². The maximum absolute atomic E-state index is 12.3. The van der Waals surface area contributed by atoms with Crippen molar-refractivity contribution in [2.75, 3.05) is 27.3 Å². The van der Waals surface area contributed by atoms with Gasteiger partial charge in [0.2, 0.25) is 0 Å². The molecule has 5 nitrogen and oxygen atoms in total. The van der Waals surface area contributed by atoms with Gasteiger partial charge in [0, 0.05) is 30.8 Å². The molecular weight excluding hydrogens is 268 g/mol. The first-order chi connectivity index (χ1) is 8.63. The van der Waals surface area contributed by atoms with Crippen molar-refractivity contribution in [2.45, 2.75) is 12.5 Å². The molecule has 1 atom stereocenters. The predicted octanol–water partition coefficient (Wildman–Crippen LogP) is 1.30. The highest BCUT2D eigenvalue weighted by Crippen LogP contribution is 2.24. The molecule has 2 N–H and O–H groups in total. The van der Waals surface area contributed by atoms with Crippen LogP contribution in [0.25, 0.3) is 0 Å². The van der Waals surface area contributed by atoms with Gasteiger partial charge in [-0.1, -0.05) is 0 Å². The minimum absolute atomic E-state index is 0. The number of ether oxygens (including phenoxy) is 2. The van der Waals surface area contributed by atoms with Crippen molar-refractivity contribution in [2.24, 2.45) is 5.73 Å². The van der Waals surface area contributed by atoms with Gasteiger partial charge in [-0.3, -0.25) is 4.79 Å². The standard InChI is InChI=1S/C13H18N2O3.ClH/c1-17-11-5-9(6-12(7-11)18-2)13(16)15-4-3-10(14)8-15;/h5-7,10H,3-4,8,14H2,1-2H3;1H/t10-;/m1./s1. The van der Waals surface area contributed by atoms with Gasteiger partial charge in [0.1, 0.15) is 11.5 Å². The molecule has 0 spiro atoms.